The van der Waals surface area contributed by atoms with E-state index in [-0.39, 0.29) is 36.3 Å². The fourth-order valence-corrected chi connectivity index (χ4v) is 5.48. The molecule has 0 bridgehead atoms. The minimum Gasteiger partial charge on any atom is -0.508 e. The van der Waals surface area contributed by atoms with Gasteiger partial charge in [-0.15, -0.1) is 0 Å². The molecular weight excluding hydrogens is 416 g/mol. The lowest BCUT2D eigenvalue weighted by Gasteiger charge is -2.46. The average molecular weight is 442 g/mol. The number of primary amides is 1. The number of amides is 1. The number of benzene rings is 1. The molecule has 9 heteroatoms. The summed E-state index contributed by atoms with van der Waals surface area (Å²) in [7, 11) is 0. The van der Waals surface area contributed by atoms with E-state index in [1.165, 1.54) is 0 Å². The molecule has 0 saturated heterocycles. The summed E-state index contributed by atoms with van der Waals surface area (Å²) < 4.78 is 0. The van der Waals surface area contributed by atoms with Crippen LogP contribution < -0.4 is 11.5 Å². The third-order valence-electron chi connectivity index (χ3n) is 6.97. The summed E-state index contributed by atoms with van der Waals surface area (Å²) >= 11 is 0. The van der Waals surface area contributed by atoms with Gasteiger partial charge in [-0.3, -0.25) is 14.4 Å². The summed E-state index contributed by atoms with van der Waals surface area (Å²) in [6.07, 6.45) is 1.58. The zero-order chi connectivity index (χ0) is 23.5. The Balaban J connectivity index is 1.95. The van der Waals surface area contributed by atoms with E-state index >= 15 is 0 Å². The monoisotopic (exact) mass is 442 g/mol. The van der Waals surface area contributed by atoms with Crippen LogP contribution in [0.4, 0.5) is 0 Å². The standard InChI is InChI=1S/C23H26N2O7/c1-2-3-9-4-11(8-24)18(27)16-13(9)6-10-5-12-7-14(26)17(22(25)31)21(30)23(12,32)20(29)15(10)19(16)28/h4,10,12,27-28,30,32H,2-3,5-8,24H2,1H3,(H2,25,31)/t10?,12-,23-/m0/s1. The number of ketones is 2. The van der Waals surface area contributed by atoms with Crippen molar-refractivity contribution in [2.45, 2.75) is 51.2 Å². The predicted octanol–water partition coefficient (Wildman–Crippen LogP) is 0.835. The highest BCUT2D eigenvalue weighted by atomic mass is 16.3. The lowest BCUT2D eigenvalue weighted by Crippen LogP contribution is -2.58. The van der Waals surface area contributed by atoms with Gasteiger partial charge in [0.05, 0.1) is 5.56 Å². The fourth-order valence-electron chi connectivity index (χ4n) is 5.48. The van der Waals surface area contributed by atoms with E-state index in [0.717, 1.165) is 12.0 Å². The lowest BCUT2D eigenvalue weighted by atomic mass is 9.59. The Kier molecular flexibility index (Phi) is 5.14. The van der Waals surface area contributed by atoms with Gasteiger partial charge in [-0.1, -0.05) is 19.4 Å². The molecule has 0 aliphatic heterocycles. The van der Waals surface area contributed by atoms with Crippen LogP contribution in [0.3, 0.4) is 0 Å². The Morgan fingerprint density at radius 2 is 1.88 bits per heavy atom. The van der Waals surface area contributed by atoms with E-state index in [1.807, 2.05) is 6.92 Å². The highest BCUT2D eigenvalue weighted by molar-refractivity contribution is 6.22. The quantitative estimate of drug-likeness (QED) is 0.370. The van der Waals surface area contributed by atoms with Gasteiger partial charge in [0.1, 0.15) is 22.8 Å². The maximum Gasteiger partial charge on any atom is 0.255 e. The zero-order valence-electron chi connectivity index (χ0n) is 17.6. The van der Waals surface area contributed by atoms with Crippen LogP contribution in [0.5, 0.6) is 5.75 Å². The molecule has 0 aromatic heterocycles. The number of aliphatic hydroxyl groups excluding tert-OH is 2. The third-order valence-corrected chi connectivity index (χ3v) is 6.97. The largest absolute Gasteiger partial charge is 0.508 e. The summed E-state index contributed by atoms with van der Waals surface area (Å²) in [5, 5.41) is 43.7. The topological polar surface area (TPSA) is 184 Å². The predicted molar refractivity (Wildman–Crippen MR) is 113 cm³/mol. The highest BCUT2D eigenvalue weighted by Crippen LogP contribution is 2.52. The number of nitrogens with two attached hydrogens (primary N) is 2. The SMILES string of the molecule is CCCc1cc(CN)c(O)c2c1CC1C[C@H]3CC(=O)C(C(N)=O)=C(O)[C@@]3(O)C(=O)C1=C2O. The van der Waals surface area contributed by atoms with E-state index in [1.54, 1.807) is 6.07 Å². The van der Waals surface area contributed by atoms with Gasteiger partial charge in [-0.2, -0.15) is 0 Å². The first-order valence-corrected chi connectivity index (χ1v) is 10.6. The molecule has 1 aromatic carbocycles. The second-order valence-electron chi connectivity index (χ2n) is 8.76. The van der Waals surface area contributed by atoms with Crippen LogP contribution in [0.15, 0.2) is 23.0 Å². The van der Waals surface area contributed by atoms with Crippen molar-refractivity contribution in [2.75, 3.05) is 0 Å². The molecule has 1 amide bonds. The van der Waals surface area contributed by atoms with Crippen LogP contribution in [0.25, 0.3) is 5.76 Å². The molecule has 1 aromatic rings. The number of phenols is 1. The number of carbonyl (C=O) groups excluding carboxylic acids is 3. The van der Waals surface area contributed by atoms with E-state index < -0.39 is 52.0 Å². The first-order valence-electron chi connectivity index (χ1n) is 10.6. The molecule has 4 rings (SSSR count). The van der Waals surface area contributed by atoms with Crippen LogP contribution in [-0.4, -0.2) is 43.5 Å². The van der Waals surface area contributed by atoms with Gasteiger partial charge in [0.2, 0.25) is 5.78 Å². The molecular formula is C23H26N2O7. The molecule has 32 heavy (non-hydrogen) atoms. The Hall–Kier alpha value is -3.17. The number of fused-ring (bicyclic) bond motifs is 3. The summed E-state index contributed by atoms with van der Waals surface area (Å²) in [6.45, 7) is 2.02. The van der Waals surface area contributed by atoms with Gasteiger partial charge in [0.15, 0.2) is 11.4 Å². The van der Waals surface area contributed by atoms with Gasteiger partial charge in [0.25, 0.3) is 5.91 Å². The van der Waals surface area contributed by atoms with Gasteiger partial charge in [-0.05, 0) is 36.3 Å². The number of hydrogen-bond donors (Lipinski definition) is 6. The number of aromatic hydroxyl groups is 1. The van der Waals surface area contributed by atoms with Crippen molar-refractivity contribution in [3.05, 3.63) is 45.2 Å². The molecule has 3 aliphatic carbocycles. The number of hydrogen-bond acceptors (Lipinski definition) is 8. The van der Waals surface area contributed by atoms with E-state index in [9.17, 15) is 34.8 Å². The molecule has 1 saturated carbocycles. The Labute approximate surface area is 184 Å². The number of aryl methyl sites for hydroxylation is 1. The second kappa shape index (κ2) is 7.46. The number of Topliss-reactive ketones (excluding diaryl/α,β-unsaturated/α-hetero) is 2. The molecule has 3 aliphatic rings. The van der Waals surface area contributed by atoms with Crippen LogP contribution in [0.1, 0.15) is 48.4 Å². The summed E-state index contributed by atoms with van der Waals surface area (Å²) in [6, 6.07) is 1.80. The average Bonchev–Trinajstić information content (AvgIpc) is 2.72. The molecule has 1 unspecified atom stereocenters. The van der Waals surface area contributed by atoms with Crippen molar-refractivity contribution in [3.63, 3.8) is 0 Å². The zero-order valence-corrected chi connectivity index (χ0v) is 17.6. The number of aliphatic hydroxyl groups is 3. The fraction of sp³-hybridized carbons (Fsp3) is 0.435. The third kappa shape index (κ3) is 2.81. The first kappa shape index (κ1) is 22.0. The minimum atomic E-state index is -2.55. The van der Waals surface area contributed by atoms with Gasteiger partial charge in [-0.25, -0.2) is 0 Å². The smallest absolute Gasteiger partial charge is 0.255 e. The van der Waals surface area contributed by atoms with Gasteiger partial charge < -0.3 is 31.9 Å². The van der Waals surface area contributed by atoms with Crippen molar-refractivity contribution < 1.29 is 34.8 Å². The van der Waals surface area contributed by atoms with E-state index in [2.05, 4.69) is 0 Å². The number of carbonyl (C=O) groups is 3. The molecule has 9 nitrogen and oxygen atoms in total. The van der Waals surface area contributed by atoms with Gasteiger partial charge >= 0.3 is 0 Å². The van der Waals surface area contributed by atoms with Crippen LogP contribution in [0.2, 0.25) is 0 Å². The molecule has 0 radical (unpaired) electrons. The first-order chi connectivity index (χ1) is 15.1. The summed E-state index contributed by atoms with van der Waals surface area (Å²) in [5.41, 5.74) is 9.56. The maximum absolute atomic E-state index is 13.5. The minimum absolute atomic E-state index is 0.0233. The van der Waals surface area contributed by atoms with Crippen LogP contribution >= 0.6 is 0 Å². The Bertz CT molecular complexity index is 1130. The van der Waals surface area contributed by atoms with Crippen molar-refractivity contribution in [1.29, 1.82) is 0 Å². The summed E-state index contributed by atoms with van der Waals surface area (Å²) in [4.78, 5) is 37.5. The van der Waals surface area contributed by atoms with Gasteiger partial charge in [0, 0.05) is 30.0 Å². The highest BCUT2D eigenvalue weighted by Gasteiger charge is 2.60. The second-order valence-corrected chi connectivity index (χ2v) is 8.76. The molecule has 3 atom stereocenters. The molecule has 0 heterocycles. The number of phenolic OH excluding ortho intramolecular Hbond substituents is 1. The van der Waals surface area contributed by atoms with Crippen molar-refractivity contribution in [2.24, 2.45) is 23.3 Å². The molecule has 170 valence electrons. The Morgan fingerprint density at radius 3 is 2.47 bits per heavy atom. The van der Waals surface area contributed by atoms with Crippen LogP contribution in [-0.2, 0) is 33.8 Å². The number of rotatable bonds is 4. The van der Waals surface area contributed by atoms with Crippen LogP contribution in [0, 0.1) is 11.8 Å². The van der Waals surface area contributed by atoms with E-state index in [0.29, 0.717) is 24.0 Å². The Morgan fingerprint density at radius 1 is 1.19 bits per heavy atom. The normalized spacial score (nSPS) is 27.2. The molecule has 8 N–H and O–H groups in total. The van der Waals surface area contributed by atoms with Crippen molar-refractivity contribution in [1.82, 2.24) is 0 Å². The molecule has 0 spiro atoms. The van der Waals surface area contributed by atoms with Crippen molar-refractivity contribution in [3.8, 4) is 5.75 Å². The van der Waals surface area contributed by atoms with Crippen molar-refractivity contribution >= 4 is 23.2 Å². The summed E-state index contributed by atoms with van der Waals surface area (Å²) in [5.74, 6) is -6.27. The molecule has 1 fully saturated rings. The maximum atomic E-state index is 13.5. The lowest BCUT2D eigenvalue weighted by molar-refractivity contribution is -0.147. The van der Waals surface area contributed by atoms with E-state index in [4.69, 9.17) is 11.5 Å².